The lowest BCUT2D eigenvalue weighted by Gasteiger charge is -2.38. The molecular formula is C36H52N4O8Si2. The molecule has 0 bridgehead atoms. The predicted molar refractivity (Wildman–Crippen MR) is 202 cm³/mol. The van der Waals surface area contributed by atoms with Crippen LogP contribution in [0, 0.1) is 10.1 Å². The summed E-state index contributed by atoms with van der Waals surface area (Å²) in [4.78, 5) is 38.7. The summed E-state index contributed by atoms with van der Waals surface area (Å²) in [7, 11) is -4.05. The Balaban J connectivity index is 1.84. The smallest absolute Gasteiger partial charge is 0.410 e. The van der Waals surface area contributed by atoms with Crippen molar-refractivity contribution in [3.63, 3.8) is 0 Å². The molecule has 0 saturated heterocycles. The van der Waals surface area contributed by atoms with E-state index in [1.165, 1.54) is 24.3 Å². The van der Waals surface area contributed by atoms with Crippen LogP contribution >= 0.6 is 0 Å². The molecule has 3 aromatic rings. The van der Waals surface area contributed by atoms with E-state index in [0.29, 0.717) is 30.2 Å². The number of nitrogens with zero attached hydrogens (tertiary/aromatic N) is 2. The highest BCUT2D eigenvalue weighted by Gasteiger charge is 2.34. The van der Waals surface area contributed by atoms with Crippen LogP contribution in [0.4, 0.5) is 26.7 Å². The number of amides is 3. The number of nitro groups is 1. The minimum Gasteiger partial charge on any atom is -0.491 e. The number of non-ortho nitro benzene ring substituents is 1. The van der Waals surface area contributed by atoms with E-state index in [9.17, 15) is 19.7 Å². The topological polar surface area (TPSA) is 142 Å². The van der Waals surface area contributed by atoms with Crippen LogP contribution in [0.15, 0.2) is 78.9 Å². The van der Waals surface area contributed by atoms with Crippen LogP contribution in [0.5, 0.6) is 5.75 Å². The zero-order valence-electron chi connectivity index (χ0n) is 30.6. The number of benzene rings is 3. The number of carbonyl (C=O) groups excluding carboxylic acids is 2. The zero-order chi connectivity index (χ0) is 37.1. The summed E-state index contributed by atoms with van der Waals surface area (Å²) in [6, 6.07) is 21.6. The fourth-order valence-corrected chi connectivity index (χ4v) is 6.64. The van der Waals surface area contributed by atoms with Crippen molar-refractivity contribution in [3.05, 3.63) is 94.5 Å². The minimum atomic E-state index is -2.07. The van der Waals surface area contributed by atoms with Gasteiger partial charge in [-0.1, -0.05) is 30.3 Å². The Morgan fingerprint density at radius 2 is 1.38 bits per heavy atom. The van der Waals surface area contributed by atoms with Crippen LogP contribution in [0.25, 0.3) is 0 Å². The summed E-state index contributed by atoms with van der Waals surface area (Å²) >= 11 is 0. The first-order valence-corrected chi connectivity index (χ1v) is 23.5. The molecule has 12 nitrogen and oxygen atoms in total. The van der Waals surface area contributed by atoms with Crippen molar-refractivity contribution in [3.8, 4) is 5.75 Å². The highest BCUT2D eigenvalue weighted by molar-refractivity contribution is 6.70. The molecule has 14 heteroatoms. The van der Waals surface area contributed by atoms with Gasteiger partial charge in [0, 0.05) is 23.5 Å². The molecule has 0 aliphatic carbocycles. The van der Waals surface area contributed by atoms with Crippen molar-refractivity contribution in [2.24, 2.45) is 0 Å². The number of hydrogen-bond acceptors (Lipinski definition) is 8. The van der Waals surface area contributed by atoms with Crippen molar-refractivity contribution in [2.45, 2.75) is 84.2 Å². The third-order valence-corrected chi connectivity index (χ3v) is 8.97. The van der Waals surface area contributed by atoms with E-state index in [0.717, 1.165) is 5.56 Å². The molecule has 0 radical (unpaired) electrons. The average molecular weight is 725 g/mol. The molecule has 0 heterocycles. The van der Waals surface area contributed by atoms with E-state index < -0.39 is 51.4 Å². The molecule has 2 atom stereocenters. The van der Waals surface area contributed by atoms with Crippen molar-refractivity contribution in [1.82, 2.24) is 4.90 Å². The number of ether oxygens (including phenoxy) is 2. The highest BCUT2D eigenvalue weighted by Crippen LogP contribution is 2.22. The third-order valence-electron chi connectivity index (χ3n) is 6.90. The van der Waals surface area contributed by atoms with E-state index in [1.54, 1.807) is 17.0 Å². The second-order valence-corrected chi connectivity index (χ2v) is 23.9. The van der Waals surface area contributed by atoms with Gasteiger partial charge in [0.2, 0.25) is 0 Å². The Morgan fingerprint density at radius 3 is 1.88 bits per heavy atom. The number of para-hydroxylation sites is 1. The number of hydrogen-bond donors (Lipinski definition) is 2. The standard InChI is InChI=1S/C36H52N4O8Si2/c1-36(2,3)47-35(42)39(24-33(48-50(7,8)9)26-45-32-13-11-10-12-14-32)31(25-46-49(4,5)6)23-27-15-17-28(18-16-27)37-34(41)38-29-19-21-30(22-20-29)40(43)44/h10-22,31,33H,23-26H2,1-9H3,(H2,37,38,41)/t31-,33-/m0/s1. The fraction of sp³-hybridized carbons (Fsp3) is 0.444. The van der Waals surface area contributed by atoms with Crippen molar-refractivity contribution >= 4 is 45.8 Å². The second-order valence-electron chi connectivity index (χ2n) is 15.0. The quantitative estimate of drug-likeness (QED) is 0.0851. The average Bonchev–Trinajstić information content (AvgIpc) is 3.00. The van der Waals surface area contributed by atoms with Crippen LogP contribution in [-0.2, 0) is 20.0 Å². The van der Waals surface area contributed by atoms with Gasteiger partial charge in [0.05, 0.1) is 30.2 Å². The second kappa shape index (κ2) is 17.6. The molecule has 0 aliphatic heterocycles. The molecule has 0 saturated carbocycles. The summed E-state index contributed by atoms with van der Waals surface area (Å²) in [5.74, 6) is 0.717. The molecule has 0 unspecified atom stereocenters. The summed E-state index contributed by atoms with van der Waals surface area (Å²) < 4.78 is 25.1. The van der Waals surface area contributed by atoms with E-state index in [1.807, 2.05) is 63.2 Å². The maximum absolute atomic E-state index is 14.0. The van der Waals surface area contributed by atoms with Crippen molar-refractivity contribution < 1.29 is 32.8 Å². The molecular weight excluding hydrogens is 673 g/mol. The van der Waals surface area contributed by atoms with Crippen LogP contribution in [0.1, 0.15) is 26.3 Å². The molecule has 3 rings (SSSR count). The number of urea groups is 1. The van der Waals surface area contributed by atoms with Crippen LogP contribution in [0.3, 0.4) is 0 Å². The zero-order valence-corrected chi connectivity index (χ0v) is 32.6. The summed E-state index contributed by atoms with van der Waals surface area (Å²) in [5, 5.41) is 16.4. The predicted octanol–water partition coefficient (Wildman–Crippen LogP) is 8.54. The molecule has 0 aromatic heterocycles. The van der Waals surface area contributed by atoms with Gasteiger partial charge in [0.1, 0.15) is 18.0 Å². The first-order valence-electron chi connectivity index (χ1n) is 16.7. The van der Waals surface area contributed by atoms with Crippen molar-refractivity contribution in [2.75, 3.05) is 30.4 Å². The van der Waals surface area contributed by atoms with E-state index in [2.05, 4.69) is 49.9 Å². The maximum Gasteiger partial charge on any atom is 0.410 e. The Labute approximate surface area is 297 Å². The molecule has 272 valence electrons. The number of nitro benzene ring substituents is 1. The monoisotopic (exact) mass is 724 g/mol. The molecule has 3 amide bonds. The molecule has 2 N–H and O–H groups in total. The molecule has 0 spiro atoms. The van der Waals surface area contributed by atoms with E-state index in [-0.39, 0.29) is 18.8 Å². The van der Waals surface area contributed by atoms with Gasteiger partial charge in [0.25, 0.3) is 5.69 Å². The van der Waals surface area contributed by atoms with Gasteiger partial charge >= 0.3 is 12.1 Å². The van der Waals surface area contributed by atoms with Crippen LogP contribution in [-0.4, -0.2) is 76.1 Å². The lowest BCUT2D eigenvalue weighted by atomic mass is 10.0. The highest BCUT2D eigenvalue weighted by atomic mass is 28.4. The Bertz CT molecular complexity index is 1540. The fourth-order valence-electron chi connectivity index (χ4n) is 4.80. The lowest BCUT2D eigenvalue weighted by Crippen LogP contribution is -2.53. The van der Waals surface area contributed by atoms with Gasteiger partial charge in [0.15, 0.2) is 16.6 Å². The van der Waals surface area contributed by atoms with Gasteiger partial charge < -0.3 is 29.0 Å². The maximum atomic E-state index is 14.0. The normalized spacial score (nSPS) is 13.1. The summed E-state index contributed by atoms with van der Waals surface area (Å²) in [5.41, 5.74) is 1.10. The lowest BCUT2D eigenvalue weighted by molar-refractivity contribution is -0.384. The van der Waals surface area contributed by atoms with Crippen molar-refractivity contribution in [1.29, 1.82) is 0 Å². The molecule has 0 fully saturated rings. The number of rotatable bonds is 16. The molecule has 50 heavy (non-hydrogen) atoms. The van der Waals surface area contributed by atoms with Crippen LogP contribution in [0.2, 0.25) is 39.3 Å². The van der Waals surface area contributed by atoms with E-state index in [4.69, 9.17) is 18.3 Å². The van der Waals surface area contributed by atoms with Crippen LogP contribution < -0.4 is 15.4 Å². The van der Waals surface area contributed by atoms with E-state index >= 15 is 0 Å². The Morgan fingerprint density at radius 1 is 0.820 bits per heavy atom. The van der Waals surface area contributed by atoms with Gasteiger partial charge in [-0.05, 0) is 108 Å². The van der Waals surface area contributed by atoms with Gasteiger partial charge in [-0.3, -0.25) is 15.0 Å². The van der Waals surface area contributed by atoms with Gasteiger partial charge in [-0.25, -0.2) is 9.59 Å². The number of anilines is 2. The number of carbonyl (C=O) groups is 2. The summed E-state index contributed by atoms with van der Waals surface area (Å²) in [6.07, 6.45) is -0.436. The molecule has 0 aliphatic rings. The van der Waals surface area contributed by atoms with Gasteiger partial charge in [-0.2, -0.15) is 0 Å². The Kier molecular flexibility index (Phi) is 14.2. The SMILES string of the molecule is CC(C)(C)OC(=O)N(C[C@@H](COc1ccccc1)O[Si](C)(C)C)[C@H](CO[Si](C)(C)C)Cc1ccc(NC(=O)Nc2ccc([N+](=O)[O-])cc2)cc1. The Hall–Kier alpha value is -4.25. The largest absolute Gasteiger partial charge is 0.491 e. The van der Waals surface area contributed by atoms with Gasteiger partial charge in [-0.15, -0.1) is 0 Å². The first-order chi connectivity index (χ1) is 23.3. The summed E-state index contributed by atoms with van der Waals surface area (Å²) in [6.45, 7) is 18.9. The third kappa shape index (κ3) is 15.1. The number of nitrogens with one attached hydrogen (secondary N) is 2. The molecule has 3 aromatic carbocycles. The first kappa shape index (κ1) is 40.2. The minimum absolute atomic E-state index is 0.0649.